The van der Waals surface area contributed by atoms with Crippen molar-refractivity contribution in [1.82, 2.24) is 0 Å². The molecule has 24 heavy (non-hydrogen) atoms. The number of rotatable bonds is 0. The molecule has 4 bridgehead atoms. The lowest BCUT2D eigenvalue weighted by Crippen LogP contribution is -2.07. The molecule has 1 aliphatic heterocycles. The lowest BCUT2D eigenvalue weighted by molar-refractivity contribution is 0.103. The monoisotopic (exact) mass is 319 g/mol. The third kappa shape index (κ3) is 3.40. The van der Waals surface area contributed by atoms with Crippen molar-refractivity contribution >= 4 is 17.0 Å². The van der Waals surface area contributed by atoms with E-state index in [9.17, 15) is 4.79 Å². The summed E-state index contributed by atoms with van der Waals surface area (Å²) in [6.07, 6.45) is 3.35. The Morgan fingerprint density at radius 2 is 1.96 bits per heavy atom. The number of carbonyl (C=O) groups is 1. The zero-order valence-corrected chi connectivity index (χ0v) is 13.8. The van der Waals surface area contributed by atoms with E-state index in [1.807, 2.05) is 25.1 Å². The third-order valence-electron chi connectivity index (χ3n) is 4.27. The van der Waals surface area contributed by atoms with Gasteiger partial charge in [0.1, 0.15) is 5.75 Å². The molecule has 2 N–H and O–H groups in total. The molecule has 0 spiro atoms. The van der Waals surface area contributed by atoms with Crippen LogP contribution in [0.3, 0.4) is 0 Å². The number of allylic oxidation sites excluding steroid dienone is 3. The fourth-order valence-electron chi connectivity index (χ4n) is 2.74. The number of hydrogen-bond acceptors (Lipinski definition) is 3. The van der Waals surface area contributed by atoms with Gasteiger partial charge < -0.3 is 10.5 Å². The Kier molecular flexibility index (Phi) is 4.52. The minimum Gasteiger partial charge on any atom is -0.491 e. The van der Waals surface area contributed by atoms with Gasteiger partial charge in [-0.05, 0) is 53.8 Å². The molecule has 1 heterocycles. The van der Waals surface area contributed by atoms with E-state index in [0.717, 1.165) is 17.6 Å². The number of nitrogens with two attached hydrogens (primary N) is 1. The summed E-state index contributed by atoms with van der Waals surface area (Å²) in [5.41, 5.74) is 11.1. The van der Waals surface area contributed by atoms with Gasteiger partial charge >= 0.3 is 0 Å². The van der Waals surface area contributed by atoms with Crippen LogP contribution in [-0.4, -0.2) is 12.4 Å². The Morgan fingerprint density at radius 1 is 1.12 bits per heavy atom. The van der Waals surface area contributed by atoms with Gasteiger partial charge in [0.25, 0.3) is 0 Å². The van der Waals surface area contributed by atoms with Crippen LogP contribution >= 0.6 is 0 Å². The van der Waals surface area contributed by atoms with Crippen molar-refractivity contribution < 1.29 is 9.53 Å². The van der Waals surface area contributed by atoms with Crippen LogP contribution in [0.25, 0.3) is 5.57 Å². The van der Waals surface area contributed by atoms with Crippen LogP contribution in [0.4, 0.5) is 5.69 Å². The number of benzene rings is 2. The van der Waals surface area contributed by atoms with Gasteiger partial charge in [-0.25, -0.2) is 0 Å². The first-order valence-corrected chi connectivity index (χ1v) is 8.05. The van der Waals surface area contributed by atoms with E-state index in [2.05, 4.69) is 18.7 Å². The molecule has 122 valence electrons. The van der Waals surface area contributed by atoms with Crippen molar-refractivity contribution in [3.05, 3.63) is 77.4 Å². The van der Waals surface area contributed by atoms with E-state index in [1.54, 1.807) is 18.2 Å². The van der Waals surface area contributed by atoms with Gasteiger partial charge in [0, 0.05) is 12.0 Å². The van der Waals surface area contributed by atoms with E-state index in [1.165, 1.54) is 5.56 Å². The van der Waals surface area contributed by atoms with Crippen LogP contribution in [0.15, 0.2) is 60.7 Å². The van der Waals surface area contributed by atoms with Crippen LogP contribution in [0.5, 0.6) is 5.75 Å². The average Bonchev–Trinajstić information content (AvgIpc) is 2.60. The highest BCUT2D eigenvalue weighted by Gasteiger charge is 2.12. The second kappa shape index (κ2) is 6.75. The first-order chi connectivity index (χ1) is 11.5. The van der Waals surface area contributed by atoms with Gasteiger partial charge in [0.15, 0.2) is 5.78 Å². The zero-order chi connectivity index (χ0) is 17.1. The van der Waals surface area contributed by atoms with E-state index >= 15 is 0 Å². The number of ketones is 1. The molecule has 0 fully saturated rings. The van der Waals surface area contributed by atoms with Crippen molar-refractivity contribution in [2.75, 3.05) is 12.3 Å². The number of anilines is 1. The molecule has 0 amide bonds. The first kappa shape index (κ1) is 16.1. The van der Waals surface area contributed by atoms with Gasteiger partial charge in [-0.15, -0.1) is 0 Å². The molecule has 3 nitrogen and oxygen atoms in total. The van der Waals surface area contributed by atoms with E-state index < -0.39 is 0 Å². The van der Waals surface area contributed by atoms with E-state index in [4.69, 9.17) is 10.5 Å². The number of nitrogen functional groups attached to an aromatic ring is 1. The average molecular weight is 319 g/mol. The molecule has 0 aromatic heterocycles. The fourth-order valence-corrected chi connectivity index (χ4v) is 2.74. The Bertz CT molecular complexity index is 833. The molecule has 3 rings (SSSR count). The van der Waals surface area contributed by atoms with Crippen molar-refractivity contribution in [2.45, 2.75) is 19.8 Å². The summed E-state index contributed by atoms with van der Waals surface area (Å²) in [5.74, 6) is 0.546. The highest BCUT2D eigenvalue weighted by Crippen LogP contribution is 2.26. The van der Waals surface area contributed by atoms with E-state index in [0.29, 0.717) is 35.6 Å². The molecule has 2 aromatic rings. The summed E-state index contributed by atoms with van der Waals surface area (Å²) in [4.78, 5) is 12.6. The first-order valence-electron chi connectivity index (χ1n) is 8.05. The van der Waals surface area contributed by atoms with Gasteiger partial charge in [-0.3, -0.25) is 4.79 Å². The summed E-state index contributed by atoms with van der Waals surface area (Å²) >= 11 is 0. The van der Waals surface area contributed by atoms with Crippen LogP contribution in [-0.2, 0) is 6.42 Å². The van der Waals surface area contributed by atoms with Gasteiger partial charge in [-0.1, -0.05) is 36.9 Å². The van der Waals surface area contributed by atoms with Crippen molar-refractivity contribution in [3.8, 4) is 5.75 Å². The molecular weight excluding hydrogens is 298 g/mol. The fraction of sp³-hybridized carbons (Fsp3) is 0.190. The van der Waals surface area contributed by atoms with Crippen LogP contribution in [0, 0.1) is 0 Å². The number of ether oxygens (including phenoxy) is 1. The lowest BCUT2D eigenvalue weighted by Gasteiger charge is -2.13. The molecular formula is C21H21NO2. The van der Waals surface area contributed by atoms with Gasteiger partial charge in [-0.2, -0.15) is 0 Å². The van der Waals surface area contributed by atoms with Crippen molar-refractivity contribution in [1.29, 1.82) is 0 Å². The molecule has 0 saturated heterocycles. The smallest absolute Gasteiger partial charge is 0.188 e. The quantitative estimate of drug-likeness (QED) is 0.731. The molecule has 1 aliphatic rings. The number of carbonyl (C=O) groups excluding carboxylic acids is 1. The van der Waals surface area contributed by atoms with Crippen molar-refractivity contribution in [2.24, 2.45) is 0 Å². The number of hydrogen-bond donors (Lipinski definition) is 1. The summed E-state index contributed by atoms with van der Waals surface area (Å²) in [6, 6.07) is 13.5. The highest BCUT2D eigenvalue weighted by molar-refractivity contribution is 6.08. The zero-order valence-electron chi connectivity index (χ0n) is 13.8. The topological polar surface area (TPSA) is 52.3 Å². The van der Waals surface area contributed by atoms with Gasteiger partial charge in [0.05, 0.1) is 12.3 Å². The van der Waals surface area contributed by atoms with Crippen LogP contribution < -0.4 is 10.5 Å². The van der Waals surface area contributed by atoms with Crippen LogP contribution in [0.1, 0.15) is 34.8 Å². The lowest BCUT2D eigenvalue weighted by atomic mass is 9.97. The summed E-state index contributed by atoms with van der Waals surface area (Å²) in [5, 5.41) is 0. The highest BCUT2D eigenvalue weighted by atomic mass is 16.5. The predicted octanol–water partition coefficient (Wildman–Crippen LogP) is 4.44. The Morgan fingerprint density at radius 3 is 2.79 bits per heavy atom. The molecule has 0 saturated carbocycles. The molecule has 3 heteroatoms. The molecule has 0 atom stereocenters. The largest absolute Gasteiger partial charge is 0.491 e. The Labute approximate surface area is 142 Å². The standard InChI is InChI=1S/C21H21NO2/c1-14-6-7-15(2)21(23)18-8-9-19(22)20(13-18)24-11-10-16-4-3-5-17(14)12-16/h3-5,7-9,12-13H,1,6,10-11,22H2,2H3/b15-7+. The summed E-state index contributed by atoms with van der Waals surface area (Å²) in [6.45, 7) is 6.48. The minimum absolute atomic E-state index is 0.0153. The maximum Gasteiger partial charge on any atom is 0.188 e. The molecule has 2 aromatic carbocycles. The summed E-state index contributed by atoms with van der Waals surface area (Å²) < 4.78 is 5.81. The number of Topliss-reactive ketones (excluding diaryl/α,β-unsaturated/α-hetero) is 1. The molecule has 0 unspecified atom stereocenters. The number of fused-ring (bicyclic) bond motifs is 4. The van der Waals surface area contributed by atoms with E-state index in [-0.39, 0.29) is 5.78 Å². The maximum atomic E-state index is 12.6. The normalized spacial score (nSPS) is 17.5. The Hall–Kier alpha value is -2.81. The Balaban J connectivity index is 2.01. The maximum absolute atomic E-state index is 12.6. The minimum atomic E-state index is -0.0153. The summed E-state index contributed by atoms with van der Waals surface area (Å²) in [7, 11) is 0. The second-order valence-corrected chi connectivity index (χ2v) is 6.08. The van der Waals surface area contributed by atoms with Crippen LogP contribution in [0.2, 0.25) is 0 Å². The third-order valence-corrected chi connectivity index (χ3v) is 4.27. The second-order valence-electron chi connectivity index (χ2n) is 6.08. The molecule has 0 radical (unpaired) electrons. The van der Waals surface area contributed by atoms with Crippen molar-refractivity contribution in [3.63, 3.8) is 0 Å². The molecule has 0 aliphatic carbocycles. The SMILES string of the molecule is C=C1C/C=C(\C)C(=O)c2ccc(N)c(c2)OCCc2cccc1c2. The van der Waals surface area contributed by atoms with Gasteiger partial charge in [0.2, 0.25) is 0 Å². The predicted molar refractivity (Wildman–Crippen MR) is 98.2 cm³/mol.